The molecule has 0 atom stereocenters. The zero-order valence-corrected chi connectivity index (χ0v) is 13.7. The molecule has 0 amide bonds. The van der Waals surface area contributed by atoms with Gasteiger partial charge < -0.3 is 10.1 Å². The molecule has 0 aliphatic rings. The number of nitro groups is 1. The standard InChI is InChI=1S/C16H11N9O2/c26-25(27)14-6-7-22(21-14)9-13-19-16-12-8-18-24(11-4-2-1-3-5-11)15(12)17-10-23(16)20-13/h1-8,10H,9H2. The number of rotatable bonds is 4. The molecule has 0 fully saturated rings. The Morgan fingerprint density at radius 1 is 1.07 bits per heavy atom. The molecule has 27 heavy (non-hydrogen) atoms. The van der Waals surface area contributed by atoms with Crippen molar-refractivity contribution in [1.29, 1.82) is 0 Å². The van der Waals surface area contributed by atoms with Crippen LogP contribution in [0, 0.1) is 10.1 Å². The first-order chi connectivity index (χ1) is 13.2. The molecule has 0 spiro atoms. The van der Waals surface area contributed by atoms with Crippen molar-refractivity contribution in [3.63, 3.8) is 0 Å². The molecule has 5 rings (SSSR count). The summed E-state index contributed by atoms with van der Waals surface area (Å²) in [7, 11) is 0. The topological polar surface area (TPSA) is 122 Å². The van der Waals surface area contributed by atoms with Gasteiger partial charge in [-0.15, -0.1) is 5.10 Å². The fourth-order valence-corrected chi connectivity index (χ4v) is 2.87. The zero-order valence-electron chi connectivity index (χ0n) is 13.7. The van der Waals surface area contributed by atoms with Gasteiger partial charge in [-0.25, -0.2) is 19.2 Å². The van der Waals surface area contributed by atoms with Crippen LogP contribution >= 0.6 is 0 Å². The van der Waals surface area contributed by atoms with Crippen molar-refractivity contribution in [2.45, 2.75) is 6.54 Å². The maximum Gasteiger partial charge on any atom is 0.389 e. The van der Waals surface area contributed by atoms with Crippen LogP contribution in [0.4, 0.5) is 5.82 Å². The third-order valence-electron chi connectivity index (χ3n) is 4.07. The summed E-state index contributed by atoms with van der Waals surface area (Å²) >= 11 is 0. The van der Waals surface area contributed by atoms with E-state index in [2.05, 4.69) is 25.3 Å². The summed E-state index contributed by atoms with van der Waals surface area (Å²) in [6, 6.07) is 11.0. The molecule has 0 bridgehead atoms. The van der Waals surface area contributed by atoms with Gasteiger partial charge in [0, 0.05) is 0 Å². The van der Waals surface area contributed by atoms with Crippen molar-refractivity contribution in [2.24, 2.45) is 0 Å². The Morgan fingerprint density at radius 3 is 2.70 bits per heavy atom. The van der Waals surface area contributed by atoms with Crippen LogP contribution in [0.2, 0.25) is 0 Å². The highest BCUT2D eigenvalue weighted by atomic mass is 16.6. The summed E-state index contributed by atoms with van der Waals surface area (Å²) in [5, 5.41) is 24.2. The highest BCUT2D eigenvalue weighted by Gasteiger charge is 2.16. The molecule has 4 aromatic heterocycles. The van der Waals surface area contributed by atoms with E-state index in [0.29, 0.717) is 17.1 Å². The third-order valence-corrected chi connectivity index (χ3v) is 4.07. The first-order valence-electron chi connectivity index (χ1n) is 8.00. The normalized spacial score (nSPS) is 11.4. The summed E-state index contributed by atoms with van der Waals surface area (Å²) in [5.41, 5.74) is 2.18. The summed E-state index contributed by atoms with van der Waals surface area (Å²) in [6.45, 7) is 0.212. The van der Waals surface area contributed by atoms with Crippen LogP contribution in [-0.4, -0.2) is 44.1 Å². The van der Waals surface area contributed by atoms with Gasteiger partial charge in [-0.1, -0.05) is 18.2 Å². The van der Waals surface area contributed by atoms with Crippen LogP contribution < -0.4 is 0 Å². The lowest BCUT2D eigenvalue weighted by Crippen LogP contribution is -2.03. The second kappa shape index (κ2) is 5.69. The fourth-order valence-electron chi connectivity index (χ4n) is 2.87. The number of nitrogens with zero attached hydrogens (tertiary/aromatic N) is 9. The number of benzene rings is 1. The molecule has 0 aliphatic carbocycles. The molecule has 11 nitrogen and oxygen atoms in total. The van der Waals surface area contributed by atoms with Gasteiger partial charge in [-0.3, -0.25) is 0 Å². The molecular weight excluding hydrogens is 350 g/mol. The van der Waals surface area contributed by atoms with Crippen molar-refractivity contribution in [1.82, 2.24) is 39.1 Å². The molecular formula is C16H11N9O2. The summed E-state index contributed by atoms with van der Waals surface area (Å²) < 4.78 is 4.72. The van der Waals surface area contributed by atoms with Gasteiger partial charge in [0.2, 0.25) is 0 Å². The Labute approximate surface area is 150 Å². The van der Waals surface area contributed by atoms with E-state index in [-0.39, 0.29) is 12.4 Å². The average molecular weight is 361 g/mol. The van der Waals surface area contributed by atoms with E-state index in [1.165, 1.54) is 16.9 Å². The molecule has 0 unspecified atom stereocenters. The maximum absolute atomic E-state index is 10.8. The van der Waals surface area contributed by atoms with Gasteiger partial charge in [0.1, 0.15) is 12.9 Å². The van der Waals surface area contributed by atoms with Gasteiger partial charge in [-0.05, 0) is 17.1 Å². The lowest BCUT2D eigenvalue weighted by atomic mass is 10.3. The lowest BCUT2D eigenvalue weighted by Gasteiger charge is -2.01. The van der Waals surface area contributed by atoms with Crippen LogP contribution in [0.5, 0.6) is 0 Å². The number of aromatic nitrogens is 8. The highest BCUT2D eigenvalue weighted by Crippen LogP contribution is 2.19. The van der Waals surface area contributed by atoms with E-state index in [9.17, 15) is 10.1 Å². The maximum atomic E-state index is 10.8. The Hall–Kier alpha value is -4.15. The molecule has 5 aromatic rings. The molecule has 0 radical (unpaired) electrons. The molecule has 11 heteroatoms. The predicted octanol–water partition coefficient (Wildman–Crippen LogP) is 1.62. The Bertz CT molecular complexity index is 1290. The van der Waals surface area contributed by atoms with Gasteiger partial charge in [0.25, 0.3) is 0 Å². The van der Waals surface area contributed by atoms with E-state index < -0.39 is 4.92 Å². The van der Waals surface area contributed by atoms with Crippen LogP contribution in [0.15, 0.2) is 55.1 Å². The summed E-state index contributed by atoms with van der Waals surface area (Å²) in [6.07, 6.45) is 4.79. The minimum atomic E-state index is -0.543. The number of para-hydroxylation sites is 1. The van der Waals surface area contributed by atoms with Gasteiger partial charge in [0.15, 0.2) is 17.1 Å². The molecule has 132 valence electrons. The minimum Gasteiger partial charge on any atom is -0.358 e. The van der Waals surface area contributed by atoms with Crippen LogP contribution in [0.1, 0.15) is 5.82 Å². The zero-order chi connectivity index (χ0) is 18.4. The van der Waals surface area contributed by atoms with Crippen molar-refractivity contribution >= 4 is 22.5 Å². The van der Waals surface area contributed by atoms with Crippen molar-refractivity contribution in [2.75, 3.05) is 0 Å². The third kappa shape index (κ3) is 2.49. The predicted molar refractivity (Wildman–Crippen MR) is 93.4 cm³/mol. The van der Waals surface area contributed by atoms with Crippen molar-refractivity contribution in [3.8, 4) is 5.69 Å². The first kappa shape index (κ1) is 15.1. The molecule has 0 N–H and O–H groups in total. The smallest absolute Gasteiger partial charge is 0.358 e. The molecule has 0 aliphatic heterocycles. The monoisotopic (exact) mass is 361 g/mol. The lowest BCUT2D eigenvalue weighted by molar-refractivity contribution is -0.389. The van der Waals surface area contributed by atoms with Crippen molar-refractivity contribution < 1.29 is 4.92 Å². The van der Waals surface area contributed by atoms with Crippen LogP contribution in [0.3, 0.4) is 0 Å². The molecule has 0 saturated heterocycles. The van der Waals surface area contributed by atoms with E-state index in [1.807, 2.05) is 30.3 Å². The number of fused-ring (bicyclic) bond motifs is 3. The van der Waals surface area contributed by atoms with E-state index in [0.717, 1.165) is 11.1 Å². The van der Waals surface area contributed by atoms with Crippen molar-refractivity contribution in [3.05, 3.63) is 71.1 Å². The van der Waals surface area contributed by atoms with Crippen LogP contribution in [-0.2, 0) is 6.54 Å². The second-order valence-electron chi connectivity index (χ2n) is 5.80. The first-order valence-corrected chi connectivity index (χ1v) is 8.00. The fraction of sp³-hybridized carbons (Fsp3) is 0.0625. The van der Waals surface area contributed by atoms with Gasteiger partial charge in [0.05, 0.1) is 34.6 Å². The Morgan fingerprint density at radius 2 is 1.93 bits per heavy atom. The van der Waals surface area contributed by atoms with E-state index in [1.54, 1.807) is 21.7 Å². The van der Waals surface area contributed by atoms with E-state index in [4.69, 9.17) is 0 Å². The summed E-state index contributed by atoms with van der Waals surface area (Å²) in [5.74, 6) is 0.252. The number of hydrogen-bond acceptors (Lipinski definition) is 7. The van der Waals surface area contributed by atoms with Gasteiger partial charge in [-0.2, -0.15) is 9.78 Å². The molecule has 0 saturated carbocycles. The van der Waals surface area contributed by atoms with Crippen LogP contribution in [0.25, 0.3) is 22.4 Å². The SMILES string of the molecule is O=[N+]([O-])c1ccn(Cc2nc3c4cnn(-c5ccccc5)c4ncn3n2)n1. The summed E-state index contributed by atoms with van der Waals surface area (Å²) in [4.78, 5) is 19.2. The minimum absolute atomic E-state index is 0.212. The van der Waals surface area contributed by atoms with Gasteiger partial charge >= 0.3 is 5.82 Å². The highest BCUT2D eigenvalue weighted by molar-refractivity contribution is 5.89. The Balaban J connectivity index is 1.56. The molecule has 1 aromatic carbocycles. The van der Waals surface area contributed by atoms with E-state index >= 15 is 0 Å². The number of hydrogen-bond donors (Lipinski definition) is 0. The quantitative estimate of drug-likeness (QED) is 0.352. The largest absolute Gasteiger partial charge is 0.389 e. The Kier molecular flexibility index (Phi) is 3.19. The second-order valence-corrected chi connectivity index (χ2v) is 5.80. The molecule has 4 heterocycles. The average Bonchev–Trinajstić information content (AvgIpc) is 3.39.